The number of hydrogen-bond acceptors (Lipinski definition) is 2. The number of anilines is 2. The van der Waals surface area contributed by atoms with E-state index in [4.69, 9.17) is 0 Å². The Morgan fingerprint density at radius 3 is 1.53 bits per heavy atom. The Balaban J connectivity index is 1.15. The van der Waals surface area contributed by atoms with Gasteiger partial charge in [-0.15, -0.1) is 0 Å². The molecule has 2 N–H and O–H groups in total. The van der Waals surface area contributed by atoms with Gasteiger partial charge in [0.15, 0.2) is 0 Å². The van der Waals surface area contributed by atoms with Crippen molar-refractivity contribution < 1.29 is 14.2 Å². The molecule has 0 aliphatic heterocycles. The largest absolute Gasteiger partial charge is 0.347 e. The zero-order valence-corrected chi connectivity index (χ0v) is 29.4. The lowest BCUT2D eigenvalue weighted by Crippen LogP contribution is -2.37. The number of nitrogens with zero attached hydrogens (tertiary/aromatic N) is 3. The quantitative estimate of drug-likeness (QED) is 0.111. The van der Waals surface area contributed by atoms with Crippen LogP contribution in [0.5, 0.6) is 0 Å². The fourth-order valence-corrected chi connectivity index (χ4v) is 6.13. The fourth-order valence-electron chi connectivity index (χ4n) is 6.13. The maximum Gasteiger partial charge on any atom is 0.347 e. The summed E-state index contributed by atoms with van der Waals surface area (Å²) < 4.78 is 3.62. The lowest BCUT2D eigenvalue weighted by Gasteiger charge is -2.23. The number of urea groups is 1. The molecule has 0 saturated heterocycles. The van der Waals surface area contributed by atoms with E-state index >= 15 is 0 Å². The monoisotopic (exact) mass is 656 g/mol. The van der Waals surface area contributed by atoms with Crippen LogP contribution in [0.3, 0.4) is 0 Å². The van der Waals surface area contributed by atoms with Crippen molar-refractivity contribution in [2.24, 2.45) is 14.1 Å². The standard InChI is InChI=1S/C42H49N5O2/c1-5-7-23-47(24-8-6-2)42(49)44-39-21-17-33(18-22-39)28-35-12-10-14-37(30-35)31-36-13-9-11-34(29-36)27-32-15-19-38(20-16-32)43-40(48)41-45(3)25-26-46(41)4/h9-22,25-26,29-30H,5-8,23-24,27-28,31H2,1-4H3,(H-,43,44,48,49)/p+1. The van der Waals surface area contributed by atoms with Crippen LogP contribution >= 0.6 is 0 Å². The van der Waals surface area contributed by atoms with Crippen LogP contribution < -0.4 is 15.2 Å². The molecule has 0 saturated carbocycles. The first-order valence-electron chi connectivity index (χ1n) is 17.5. The number of hydrogen-bond donors (Lipinski definition) is 2. The zero-order chi connectivity index (χ0) is 34.6. The maximum atomic E-state index is 12.9. The van der Waals surface area contributed by atoms with E-state index < -0.39 is 0 Å². The Morgan fingerprint density at radius 2 is 1.10 bits per heavy atom. The summed E-state index contributed by atoms with van der Waals surface area (Å²) in [4.78, 5) is 27.6. The molecule has 0 bridgehead atoms. The lowest BCUT2D eigenvalue weighted by molar-refractivity contribution is -0.672. The first-order chi connectivity index (χ1) is 23.8. The molecular formula is C42H50N5O2+. The predicted molar refractivity (Wildman–Crippen MR) is 199 cm³/mol. The minimum atomic E-state index is -0.134. The van der Waals surface area contributed by atoms with Gasteiger partial charge in [0.25, 0.3) is 0 Å². The molecule has 1 aromatic heterocycles. The minimum absolute atomic E-state index is 0.0109. The summed E-state index contributed by atoms with van der Waals surface area (Å²) in [6.45, 7) is 5.91. The highest BCUT2D eigenvalue weighted by molar-refractivity contribution is 6.00. The molecule has 0 atom stereocenters. The van der Waals surface area contributed by atoms with Gasteiger partial charge in [-0.2, -0.15) is 0 Å². The van der Waals surface area contributed by atoms with Crippen LogP contribution in [0.2, 0.25) is 0 Å². The molecule has 0 fully saturated rings. The molecule has 4 aromatic carbocycles. The van der Waals surface area contributed by atoms with Gasteiger partial charge in [0.2, 0.25) is 0 Å². The first kappa shape index (κ1) is 35.1. The van der Waals surface area contributed by atoms with E-state index in [9.17, 15) is 9.59 Å². The highest BCUT2D eigenvalue weighted by Crippen LogP contribution is 2.20. The van der Waals surface area contributed by atoms with Crippen molar-refractivity contribution in [2.45, 2.75) is 58.8 Å². The summed E-state index contributed by atoms with van der Waals surface area (Å²) in [5.74, 6) is 0.458. The number of unbranched alkanes of at least 4 members (excludes halogenated alkanes) is 2. The normalized spacial score (nSPS) is 10.9. The number of benzene rings is 4. The molecule has 5 aromatic rings. The van der Waals surface area contributed by atoms with Gasteiger partial charge in [0.1, 0.15) is 12.4 Å². The molecule has 49 heavy (non-hydrogen) atoms. The second kappa shape index (κ2) is 17.3. The molecule has 0 radical (unpaired) electrons. The summed E-state index contributed by atoms with van der Waals surface area (Å²) >= 11 is 0. The van der Waals surface area contributed by atoms with Gasteiger partial charge in [-0.05, 0) is 89.8 Å². The van der Waals surface area contributed by atoms with Crippen LogP contribution in [0.15, 0.2) is 109 Å². The van der Waals surface area contributed by atoms with Crippen molar-refractivity contribution in [1.82, 2.24) is 9.47 Å². The molecule has 7 nitrogen and oxygen atoms in total. The van der Waals surface area contributed by atoms with Crippen LogP contribution in [0, 0.1) is 0 Å². The van der Waals surface area contributed by atoms with Crippen molar-refractivity contribution in [3.63, 3.8) is 0 Å². The van der Waals surface area contributed by atoms with E-state index in [1.165, 1.54) is 33.4 Å². The Hall–Kier alpha value is -5.17. The Bertz CT molecular complexity index is 1800. The van der Waals surface area contributed by atoms with Gasteiger partial charge in [0.05, 0.1) is 14.1 Å². The molecule has 0 unspecified atom stereocenters. The van der Waals surface area contributed by atoms with Crippen molar-refractivity contribution in [2.75, 3.05) is 23.7 Å². The van der Waals surface area contributed by atoms with E-state index in [0.29, 0.717) is 5.82 Å². The first-order valence-corrected chi connectivity index (χ1v) is 17.5. The number of carbonyl (C=O) groups excluding carboxylic acids is 2. The average Bonchev–Trinajstić information content (AvgIpc) is 3.44. The molecule has 5 rings (SSSR count). The Morgan fingerprint density at radius 1 is 0.653 bits per heavy atom. The van der Waals surface area contributed by atoms with Crippen LogP contribution in [-0.2, 0) is 33.4 Å². The number of aryl methyl sites for hydroxylation is 2. The number of rotatable bonds is 15. The van der Waals surface area contributed by atoms with Crippen molar-refractivity contribution in [3.05, 3.63) is 149 Å². The molecule has 3 amide bonds. The summed E-state index contributed by atoms with van der Waals surface area (Å²) in [7, 11) is 3.73. The third-order valence-electron chi connectivity index (χ3n) is 8.86. The van der Waals surface area contributed by atoms with E-state index in [1.807, 2.05) is 64.8 Å². The second-order valence-electron chi connectivity index (χ2n) is 13.0. The number of amides is 3. The highest BCUT2D eigenvalue weighted by atomic mass is 16.2. The van der Waals surface area contributed by atoms with Gasteiger partial charge in [0, 0.05) is 24.5 Å². The highest BCUT2D eigenvalue weighted by Gasteiger charge is 2.21. The van der Waals surface area contributed by atoms with Crippen LogP contribution in [0.4, 0.5) is 16.2 Å². The third kappa shape index (κ3) is 10.2. The number of nitrogens with one attached hydrogen (secondary N) is 2. The van der Waals surface area contributed by atoms with Crippen LogP contribution in [0.25, 0.3) is 0 Å². The van der Waals surface area contributed by atoms with Crippen molar-refractivity contribution in [1.29, 1.82) is 0 Å². The van der Waals surface area contributed by atoms with E-state index in [1.54, 1.807) is 0 Å². The van der Waals surface area contributed by atoms with Gasteiger partial charge >= 0.3 is 17.8 Å². The zero-order valence-electron chi connectivity index (χ0n) is 29.4. The molecule has 1 heterocycles. The SMILES string of the molecule is CCCCN(CCCC)C(=O)Nc1ccc(Cc2cccc(Cc3cccc(Cc4ccc(NC(=O)c5n(C)cc[n+]5C)cc4)c3)c2)cc1. The van der Waals surface area contributed by atoms with Gasteiger partial charge in [-0.1, -0.05) is 99.5 Å². The summed E-state index contributed by atoms with van der Waals surface area (Å²) in [6.07, 6.45) is 10.4. The lowest BCUT2D eigenvalue weighted by atomic mass is 9.97. The number of aromatic nitrogens is 2. The van der Waals surface area contributed by atoms with Gasteiger partial charge in [-0.3, -0.25) is 4.79 Å². The molecule has 7 heteroatoms. The Labute approximate surface area is 291 Å². The van der Waals surface area contributed by atoms with E-state index in [2.05, 4.69) is 97.3 Å². The summed E-state index contributed by atoms with van der Waals surface area (Å²) in [6, 6.07) is 33.9. The van der Waals surface area contributed by atoms with Crippen LogP contribution in [-0.4, -0.2) is 34.5 Å². The maximum absolute atomic E-state index is 12.9. The van der Waals surface area contributed by atoms with Gasteiger partial charge < -0.3 is 15.5 Å². The molecule has 0 aliphatic carbocycles. The Kier molecular flexibility index (Phi) is 12.4. The molecular weight excluding hydrogens is 606 g/mol. The molecule has 0 spiro atoms. The van der Waals surface area contributed by atoms with Crippen molar-refractivity contribution >= 4 is 23.3 Å². The smallest absolute Gasteiger partial charge is 0.325 e. The summed E-state index contributed by atoms with van der Waals surface area (Å²) in [5, 5.41) is 6.09. The number of imidazole rings is 1. The minimum Gasteiger partial charge on any atom is -0.325 e. The molecule has 254 valence electrons. The van der Waals surface area contributed by atoms with E-state index in [0.717, 1.165) is 69.4 Å². The second-order valence-corrected chi connectivity index (χ2v) is 13.0. The van der Waals surface area contributed by atoms with Crippen molar-refractivity contribution in [3.8, 4) is 0 Å². The fraction of sp³-hybridized carbons (Fsp3) is 0.310. The topological polar surface area (TPSA) is 70.2 Å². The summed E-state index contributed by atoms with van der Waals surface area (Å²) in [5.41, 5.74) is 9.10. The third-order valence-corrected chi connectivity index (χ3v) is 8.86. The van der Waals surface area contributed by atoms with Crippen LogP contribution in [0.1, 0.15) is 83.5 Å². The predicted octanol–water partition coefficient (Wildman–Crippen LogP) is 8.31. The number of carbonyl (C=O) groups is 2. The molecule has 0 aliphatic rings. The average molecular weight is 657 g/mol. The van der Waals surface area contributed by atoms with E-state index in [-0.39, 0.29) is 11.9 Å². The van der Waals surface area contributed by atoms with Gasteiger partial charge in [-0.25, -0.2) is 13.9 Å².